The average molecular weight is 362 g/mol. The van der Waals surface area contributed by atoms with Crippen molar-refractivity contribution in [3.63, 3.8) is 0 Å². The normalized spacial score (nSPS) is 11.8. The van der Waals surface area contributed by atoms with E-state index in [-0.39, 0.29) is 5.91 Å². The predicted molar refractivity (Wildman–Crippen MR) is 94.4 cm³/mol. The van der Waals surface area contributed by atoms with E-state index in [0.29, 0.717) is 11.7 Å². The lowest BCUT2D eigenvalue weighted by atomic mass is 10.2. The number of aromatic nitrogens is 1. The number of benzene rings is 1. The average Bonchev–Trinajstić information content (AvgIpc) is 2.51. The standard InChI is InChI=1S/C17H20BrN3O/c1-4-12(3)20-14-7-8-19-16(10-14)17(22)21-13-6-5-11(2)15(18)9-13/h5-10,12H,4H2,1-3H3,(H,19,20)(H,21,22). The van der Waals surface area contributed by atoms with Gasteiger partial charge in [0.1, 0.15) is 5.69 Å². The van der Waals surface area contributed by atoms with Crippen LogP contribution in [0.4, 0.5) is 11.4 Å². The first kappa shape index (κ1) is 16.5. The van der Waals surface area contributed by atoms with Gasteiger partial charge in [-0.3, -0.25) is 9.78 Å². The maximum atomic E-state index is 12.3. The van der Waals surface area contributed by atoms with Crippen molar-refractivity contribution in [2.75, 3.05) is 10.6 Å². The minimum Gasteiger partial charge on any atom is -0.382 e. The van der Waals surface area contributed by atoms with Crippen LogP contribution < -0.4 is 10.6 Å². The number of nitrogens with one attached hydrogen (secondary N) is 2. The van der Waals surface area contributed by atoms with E-state index in [1.54, 1.807) is 12.3 Å². The zero-order valence-electron chi connectivity index (χ0n) is 13.0. The van der Waals surface area contributed by atoms with Gasteiger partial charge in [0.05, 0.1) is 0 Å². The van der Waals surface area contributed by atoms with Crippen LogP contribution in [0.1, 0.15) is 36.3 Å². The van der Waals surface area contributed by atoms with E-state index in [2.05, 4.69) is 45.4 Å². The first-order valence-corrected chi connectivity index (χ1v) is 8.09. The van der Waals surface area contributed by atoms with Gasteiger partial charge in [-0.2, -0.15) is 0 Å². The molecule has 1 atom stereocenters. The Hall–Kier alpha value is -1.88. The van der Waals surface area contributed by atoms with Crippen molar-refractivity contribution in [2.45, 2.75) is 33.2 Å². The number of anilines is 2. The van der Waals surface area contributed by atoms with Gasteiger partial charge >= 0.3 is 0 Å². The molecule has 0 saturated heterocycles. The molecule has 22 heavy (non-hydrogen) atoms. The quantitative estimate of drug-likeness (QED) is 0.816. The van der Waals surface area contributed by atoms with Gasteiger partial charge in [-0.1, -0.05) is 28.9 Å². The third kappa shape index (κ3) is 4.31. The summed E-state index contributed by atoms with van der Waals surface area (Å²) in [5.74, 6) is -0.219. The van der Waals surface area contributed by atoms with Gasteiger partial charge in [-0.15, -0.1) is 0 Å². The molecule has 0 spiro atoms. The predicted octanol–water partition coefficient (Wildman–Crippen LogP) is 4.62. The lowest BCUT2D eigenvalue weighted by Crippen LogP contribution is -2.16. The van der Waals surface area contributed by atoms with Crippen molar-refractivity contribution in [1.29, 1.82) is 0 Å². The summed E-state index contributed by atoms with van der Waals surface area (Å²) in [6.07, 6.45) is 2.66. The minimum absolute atomic E-state index is 0.219. The molecule has 2 N–H and O–H groups in total. The number of pyridine rings is 1. The van der Waals surface area contributed by atoms with Gasteiger partial charge in [-0.25, -0.2) is 0 Å². The molecule has 0 aliphatic carbocycles. The van der Waals surface area contributed by atoms with Crippen LogP contribution in [0.5, 0.6) is 0 Å². The molecule has 5 heteroatoms. The highest BCUT2D eigenvalue weighted by Gasteiger charge is 2.10. The molecule has 4 nitrogen and oxygen atoms in total. The Morgan fingerprint density at radius 2 is 2.05 bits per heavy atom. The highest BCUT2D eigenvalue weighted by molar-refractivity contribution is 9.10. The molecule has 1 aromatic heterocycles. The first-order chi connectivity index (χ1) is 10.5. The van der Waals surface area contributed by atoms with Crippen LogP contribution in [0.25, 0.3) is 0 Å². The summed E-state index contributed by atoms with van der Waals surface area (Å²) in [7, 11) is 0. The summed E-state index contributed by atoms with van der Waals surface area (Å²) < 4.78 is 0.963. The van der Waals surface area contributed by atoms with Crippen molar-refractivity contribution < 1.29 is 4.79 Å². The summed E-state index contributed by atoms with van der Waals surface area (Å²) in [5.41, 5.74) is 3.16. The molecule has 2 aromatic rings. The van der Waals surface area contributed by atoms with Crippen LogP contribution in [0.15, 0.2) is 41.0 Å². The summed E-state index contributed by atoms with van der Waals surface area (Å²) in [5, 5.41) is 6.20. The Labute approximate surface area is 139 Å². The molecular weight excluding hydrogens is 342 g/mol. The van der Waals surface area contributed by atoms with Gasteiger partial charge in [0.15, 0.2) is 0 Å². The van der Waals surface area contributed by atoms with Crippen LogP contribution in [0, 0.1) is 6.92 Å². The zero-order chi connectivity index (χ0) is 16.1. The van der Waals surface area contributed by atoms with Gasteiger partial charge in [0.2, 0.25) is 0 Å². The maximum absolute atomic E-state index is 12.3. The second kappa shape index (κ2) is 7.40. The number of rotatable bonds is 5. The molecule has 0 radical (unpaired) electrons. The number of aryl methyl sites for hydroxylation is 1. The highest BCUT2D eigenvalue weighted by Crippen LogP contribution is 2.21. The fourth-order valence-electron chi connectivity index (χ4n) is 1.90. The number of hydrogen-bond donors (Lipinski definition) is 2. The third-order valence-electron chi connectivity index (χ3n) is 3.45. The molecule has 1 heterocycles. The molecule has 0 bridgehead atoms. The Kier molecular flexibility index (Phi) is 5.55. The van der Waals surface area contributed by atoms with Gasteiger partial charge in [0, 0.05) is 28.1 Å². The van der Waals surface area contributed by atoms with Crippen molar-refractivity contribution >= 4 is 33.2 Å². The number of carbonyl (C=O) groups is 1. The van der Waals surface area contributed by atoms with Crippen LogP contribution in [0.3, 0.4) is 0 Å². The monoisotopic (exact) mass is 361 g/mol. The number of nitrogens with zero attached hydrogens (tertiary/aromatic N) is 1. The third-order valence-corrected chi connectivity index (χ3v) is 4.30. The highest BCUT2D eigenvalue weighted by atomic mass is 79.9. The van der Waals surface area contributed by atoms with E-state index in [9.17, 15) is 4.79 Å². The Morgan fingerprint density at radius 3 is 2.73 bits per heavy atom. The molecule has 1 unspecified atom stereocenters. The van der Waals surface area contributed by atoms with Crippen molar-refractivity contribution in [3.8, 4) is 0 Å². The van der Waals surface area contributed by atoms with E-state index < -0.39 is 0 Å². The molecule has 116 valence electrons. The Balaban J connectivity index is 2.12. The maximum Gasteiger partial charge on any atom is 0.274 e. The lowest BCUT2D eigenvalue weighted by Gasteiger charge is -2.13. The molecule has 2 rings (SSSR count). The Morgan fingerprint density at radius 1 is 1.27 bits per heavy atom. The molecule has 1 aromatic carbocycles. The van der Waals surface area contributed by atoms with Gasteiger partial charge in [-0.05, 0) is 50.1 Å². The molecule has 1 amide bonds. The van der Waals surface area contributed by atoms with Gasteiger partial charge in [0.25, 0.3) is 5.91 Å². The molecule has 0 fully saturated rings. The van der Waals surface area contributed by atoms with E-state index in [4.69, 9.17) is 0 Å². The lowest BCUT2D eigenvalue weighted by molar-refractivity contribution is 0.102. The van der Waals surface area contributed by atoms with Gasteiger partial charge < -0.3 is 10.6 Å². The second-order valence-electron chi connectivity index (χ2n) is 5.30. The molecule has 0 saturated carbocycles. The summed E-state index contributed by atoms with van der Waals surface area (Å²) in [6.45, 7) is 6.22. The van der Waals surface area contributed by atoms with E-state index in [0.717, 1.165) is 27.8 Å². The summed E-state index contributed by atoms with van der Waals surface area (Å²) >= 11 is 3.46. The van der Waals surface area contributed by atoms with Crippen LogP contribution in [0.2, 0.25) is 0 Å². The van der Waals surface area contributed by atoms with Crippen LogP contribution >= 0.6 is 15.9 Å². The number of hydrogen-bond acceptors (Lipinski definition) is 3. The first-order valence-electron chi connectivity index (χ1n) is 7.29. The SMILES string of the molecule is CCC(C)Nc1ccnc(C(=O)Nc2ccc(C)c(Br)c2)c1. The smallest absolute Gasteiger partial charge is 0.274 e. The topological polar surface area (TPSA) is 54.0 Å². The molecule has 0 aliphatic heterocycles. The molecular formula is C17H20BrN3O. The van der Waals surface area contributed by atoms with Crippen molar-refractivity contribution in [1.82, 2.24) is 4.98 Å². The van der Waals surface area contributed by atoms with Crippen LogP contribution in [-0.2, 0) is 0 Å². The molecule has 0 aliphatic rings. The summed E-state index contributed by atoms with van der Waals surface area (Å²) in [6, 6.07) is 9.70. The zero-order valence-corrected chi connectivity index (χ0v) is 14.6. The minimum atomic E-state index is -0.219. The largest absolute Gasteiger partial charge is 0.382 e. The van der Waals surface area contributed by atoms with Crippen LogP contribution in [-0.4, -0.2) is 16.9 Å². The summed E-state index contributed by atoms with van der Waals surface area (Å²) in [4.78, 5) is 16.4. The fraction of sp³-hybridized carbons (Fsp3) is 0.294. The Bertz CT molecular complexity index is 673. The number of carbonyl (C=O) groups excluding carboxylic acids is 1. The second-order valence-corrected chi connectivity index (χ2v) is 6.16. The van der Waals surface area contributed by atoms with Crippen molar-refractivity contribution in [2.24, 2.45) is 0 Å². The van der Waals surface area contributed by atoms with E-state index in [1.165, 1.54) is 0 Å². The van der Waals surface area contributed by atoms with E-state index >= 15 is 0 Å². The number of halogens is 1. The van der Waals surface area contributed by atoms with Crippen molar-refractivity contribution in [3.05, 3.63) is 52.3 Å². The van der Waals surface area contributed by atoms with E-state index in [1.807, 2.05) is 31.2 Å². The fourth-order valence-corrected chi connectivity index (χ4v) is 2.28. The number of amides is 1.